The van der Waals surface area contributed by atoms with Crippen LogP contribution in [0.3, 0.4) is 0 Å². The van der Waals surface area contributed by atoms with Gasteiger partial charge in [-0.3, -0.25) is 9.10 Å². The Morgan fingerprint density at radius 2 is 1.53 bits per heavy atom. The molecule has 30 heavy (non-hydrogen) atoms. The van der Waals surface area contributed by atoms with Gasteiger partial charge < -0.3 is 5.32 Å². The van der Waals surface area contributed by atoms with Crippen LogP contribution in [0.1, 0.15) is 15.9 Å². The van der Waals surface area contributed by atoms with Crippen molar-refractivity contribution in [2.75, 3.05) is 15.9 Å². The summed E-state index contributed by atoms with van der Waals surface area (Å²) in [5.74, 6) is -0.302. The highest BCUT2D eigenvalue weighted by Gasteiger charge is 2.21. The van der Waals surface area contributed by atoms with Crippen LogP contribution in [0, 0.1) is 0 Å². The molecular formula is C21H17BrCl2N2O3S. The molecule has 0 atom stereocenters. The van der Waals surface area contributed by atoms with Crippen LogP contribution in [0.15, 0.2) is 71.2 Å². The van der Waals surface area contributed by atoms with E-state index in [4.69, 9.17) is 23.2 Å². The zero-order chi connectivity index (χ0) is 21.9. The number of anilines is 2. The molecule has 0 saturated heterocycles. The minimum atomic E-state index is -3.62. The normalized spacial score (nSPS) is 11.2. The number of hydrogen-bond donors (Lipinski definition) is 1. The van der Waals surface area contributed by atoms with E-state index >= 15 is 0 Å². The van der Waals surface area contributed by atoms with Crippen molar-refractivity contribution < 1.29 is 13.2 Å². The number of carbonyl (C=O) groups excluding carboxylic acids is 1. The molecule has 156 valence electrons. The smallest absolute Gasteiger partial charge is 0.255 e. The van der Waals surface area contributed by atoms with Crippen molar-refractivity contribution in [3.05, 3.63) is 92.4 Å². The molecule has 1 N–H and O–H groups in total. The number of amides is 1. The molecule has 0 saturated carbocycles. The highest BCUT2D eigenvalue weighted by atomic mass is 79.9. The Bertz CT molecular complexity index is 1150. The van der Waals surface area contributed by atoms with E-state index in [2.05, 4.69) is 21.2 Å². The number of sulfonamides is 1. The van der Waals surface area contributed by atoms with Gasteiger partial charge in [0.2, 0.25) is 10.0 Å². The van der Waals surface area contributed by atoms with E-state index in [-0.39, 0.29) is 12.5 Å². The van der Waals surface area contributed by atoms with Crippen molar-refractivity contribution in [2.45, 2.75) is 6.54 Å². The van der Waals surface area contributed by atoms with Gasteiger partial charge in [-0.15, -0.1) is 0 Å². The molecule has 3 rings (SSSR count). The van der Waals surface area contributed by atoms with Crippen molar-refractivity contribution in [1.29, 1.82) is 0 Å². The van der Waals surface area contributed by atoms with Gasteiger partial charge in [0.1, 0.15) is 0 Å². The molecule has 3 aromatic carbocycles. The van der Waals surface area contributed by atoms with Gasteiger partial charge in [-0.05, 0) is 60.7 Å². The van der Waals surface area contributed by atoms with Gasteiger partial charge in [0, 0.05) is 31.3 Å². The summed E-state index contributed by atoms with van der Waals surface area (Å²) in [6.07, 6.45) is 1.10. The fourth-order valence-electron chi connectivity index (χ4n) is 2.74. The van der Waals surface area contributed by atoms with Gasteiger partial charge in [-0.25, -0.2) is 8.42 Å². The predicted molar refractivity (Wildman–Crippen MR) is 126 cm³/mol. The average Bonchev–Trinajstić information content (AvgIpc) is 2.69. The van der Waals surface area contributed by atoms with E-state index in [0.29, 0.717) is 32.5 Å². The van der Waals surface area contributed by atoms with E-state index in [1.165, 1.54) is 4.31 Å². The number of benzene rings is 3. The Labute approximate surface area is 193 Å². The number of nitrogens with one attached hydrogen (secondary N) is 1. The lowest BCUT2D eigenvalue weighted by atomic mass is 10.1. The molecule has 0 spiro atoms. The third-order valence-electron chi connectivity index (χ3n) is 4.28. The van der Waals surface area contributed by atoms with E-state index in [0.717, 1.165) is 10.7 Å². The van der Waals surface area contributed by atoms with Gasteiger partial charge in [-0.2, -0.15) is 0 Å². The van der Waals surface area contributed by atoms with Crippen LogP contribution >= 0.6 is 39.1 Å². The van der Waals surface area contributed by atoms with Crippen LogP contribution in [-0.4, -0.2) is 20.6 Å². The SMILES string of the molecule is CS(=O)(=O)N(Cc1c(Cl)cccc1Cl)c1ccc(C(=O)Nc2ccc(Br)cc2)cc1. The molecule has 0 heterocycles. The standard InChI is InChI=1S/C21H17BrCl2N2O3S/c1-30(28,29)26(13-18-19(23)3-2-4-20(18)24)17-11-5-14(6-12-17)21(27)25-16-9-7-15(22)8-10-16/h2-12H,13H2,1H3,(H,25,27). The molecule has 9 heteroatoms. The Kier molecular flexibility index (Phi) is 7.08. The topological polar surface area (TPSA) is 66.5 Å². The summed E-state index contributed by atoms with van der Waals surface area (Å²) in [5, 5.41) is 3.55. The van der Waals surface area contributed by atoms with E-state index in [9.17, 15) is 13.2 Å². The Hall–Kier alpha value is -2.06. The summed E-state index contributed by atoms with van der Waals surface area (Å²) in [5.41, 5.74) is 1.95. The summed E-state index contributed by atoms with van der Waals surface area (Å²) >= 11 is 15.7. The first-order valence-corrected chi connectivity index (χ1v) is 12.1. The lowest BCUT2D eigenvalue weighted by Gasteiger charge is -2.23. The zero-order valence-electron chi connectivity index (χ0n) is 15.8. The fourth-order valence-corrected chi connectivity index (χ4v) is 4.39. The molecule has 0 fully saturated rings. The molecule has 0 unspecified atom stereocenters. The molecular weight excluding hydrogens is 511 g/mol. The maximum absolute atomic E-state index is 12.5. The predicted octanol–water partition coefficient (Wildman–Crippen LogP) is 5.97. The number of rotatable bonds is 6. The molecule has 0 radical (unpaired) electrons. The maximum Gasteiger partial charge on any atom is 0.255 e. The van der Waals surface area contributed by atoms with Gasteiger partial charge in [0.25, 0.3) is 5.91 Å². The van der Waals surface area contributed by atoms with Crippen LogP contribution in [0.25, 0.3) is 0 Å². The van der Waals surface area contributed by atoms with Crippen LogP contribution in [-0.2, 0) is 16.6 Å². The molecule has 0 aliphatic rings. The Morgan fingerprint density at radius 1 is 0.967 bits per heavy atom. The summed E-state index contributed by atoms with van der Waals surface area (Å²) in [6, 6.07) is 18.5. The molecule has 1 amide bonds. The number of hydrogen-bond acceptors (Lipinski definition) is 3. The number of nitrogens with zero attached hydrogens (tertiary/aromatic N) is 1. The van der Waals surface area contributed by atoms with Crippen LogP contribution < -0.4 is 9.62 Å². The lowest BCUT2D eigenvalue weighted by Crippen LogP contribution is -2.29. The Morgan fingerprint density at radius 3 is 2.07 bits per heavy atom. The molecule has 0 bridgehead atoms. The van der Waals surface area contributed by atoms with Gasteiger partial charge in [0.05, 0.1) is 18.5 Å². The summed E-state index contributed by atoms with van der Waals surface area (Å²) in [6.45, 7) is -0.0260. The second-order valence-electron chi connectivity index (χ2n) is 6.48. The molecule has 0 aromatic heterocycles. The van der Waals surface area contributed by atoms with E-state index in [1.807, 2.05) is 12.1 Å². The third kappa shape index (κ3) is 5.55. The van der Waals surface area contributed by atoms with E-state index < -0.39 is 10.0 Å². The second-order valence-corrected chi connectivity index (χ2v) is 10.1. The highest BCUT2D eigenvalue weighted by Crippen LogP contribution is 2.29. The zero-order valence-corrected chi connectivity index (χ0v) is 19.7. The summed E-state index contributed by atoms with van der Waals surface area (Å²) < 4.78 is 26.9. The van der Waals surface area contributed by atoms with Crippen molar-refractivity contribution in [3.63, 3.8) is 0 Å². The van der Waals surface area contributed by atoms with Crippen molar-refractivity contribution in [2.24, 2.45) is 0 Å². The van der Waals surface area contributed by atoms with E-state index in [1.54, 1.807) is 54.6 Å². The van der Waals surface area contributed by atoms with Crippen molar-refractivity contribution >= 4 is 66.4 Å². The van der Waals surface area contributed by atoms with Crippen LogP contribution in [0.4, 0.5) is 11.4 Å². The van der Waals surface area contributed by atoms with Crippen molar-refractivity contribution in [3.8, 4) is 0 Å². The monoisotopic (exact) mass is 526 g/mol. The first kappa shape index (κ1) is 22.6. The average molecular weight is 528 g/mol. The molecule has 0 aliphatic heterocycles. The van der Waals surface area contributed by atoms with Gasteiger partial charge in [0.15, 0.2) is 0 Å². The summed E-state index contributed by atoms with van der Waals surface area (Å²) in [4.78, 5) is 12.5. The first-order chi connectivity index (χ1) is 14.1. The molecule has 0 aliphatic carbocycles. The lowest BCUT2D eigenvalue weighted by molar-refractivity contribution is 0.102. The maximum atomic E-state index is 12.5. The largest absolute Gasteiger partial charge is 0.322 e. The minimum Gasteiger partial charge on any atom is -0.322 e. The number of halogens is 3. The van der Waals surface area contributed by atoms with Crippen LogP contribution in [0.2, 0.25) is 10.0 Å². The second kappa shape index (κ2) is 9.39. The van der Waals surface area contributed by atoms with Gasteiger partial charge in [-0.1, -0.05) is 45.2 Å². The highest BCUT2D eigenvalue weighted by molar-refractivity contribution is 9.10. The molecule has 3 aromatic rings. The fraction of sp³-hybridized carbons (Fsp3) is 0.0952. The third-order valence-corrected chi connectivity index (χ3v) is 6.66. The Balaban J connectivity index is 1.84. The summed E-state index contributed by atoms with van der Waals surface area (Å²) in [7, 11) is -3.62. The first-order valence-electron chi connectivity index (χ1n) is 8.73. The minimum absolute atomic E-state index is 0.0260. The van der Waals surface area contributed by atoms with Gasteiger partial charge >= 0.3 is 0 Å². The molecule has 5 nitrogen and oxygen atoms in total. The van der Waals surface area contributed by atoms with Crippen molar-refractivity contribution in [1.82, 2.24) is 0 Å². The number of carbonyl (C=O) groups is 1. The van der Waals surface area contributed by atoms with Crippen LogP contribution in [0.5, 0.6) is 0 Å². The quantitative estimate of drug-likeness (QED) is 0.429.